The predicted molar refractivity (Wildman–Crippen MR) is 129 cm³/mol. The number of benzene rings is 2. The van der Waals surface area contributed by atoms with Crippen LogP contribution in [0.2, 0.25) is 0 Å². The zero-order chi connectivity index (χ0) is 21.5. The summed E-state index contributed by atoms with van der Waals surface area (Å²) in [4.78, 5) is 13.9. The van der Waals surface area contributed by atoms with Crippen molar-refractivity contribution in [1.29, 1.82) is 0 Å². The lowest BCUT2D eigenvalue weighted by Crippen LogP contribution is -2.09. The third-order valence-corrected chi connectivity index (χ3v) is 6.98. The van der Waals surface area contributed by atoms with Crippen LogP contribution in [0.25, 0.3) is 22.3 Å². The molecule has 158 valence electrons. The van der Waals surface area contributed by atoms with E-state index in [1.807, 2.05) is 12.1 Å². The molecule has 0 fully saturated rings. The SMILES string of the molecule is C[C@@H]1CSc2nc3c(NCCc4ccc(O)c(-c5ccccc5F)c4)nc(I)nc3n21. The Morgan fingerprint density at radius 2 is 2.03 bits per heavy atom. The van der Waals surface area contributed by atoms with E-state index >= 15 is 0 Å². The van der Waals surface area contributed by atoms with Gasteiger partial charge in [0.15, 0.2) is 26.0 Å². The monoisotopic (exact) mass is 547 g/mol. The molecule has 31 heavy (non-hydrogen) atoms. The molecule has 0 bridgehead atoms. The summed E-state index contributed by atoms with van der Waals surface area (Å²) in [5, 5.41) is 14.6. The molecule has 2 aromatic carbocycles. The molecule has 0 spiro atoms. The van der Waals surface area contributed by atoms with E-state index in [4.69, 9.17) is 4.98 Å². The van der Waals surface area contributed by atoms with Crippen LogP contribution in [0.15, 0.2) is 47.6 Å². The first kappa shape index (κ1) is 20.5. The van der Waals surface area contributed by atoms with Crippen molar-refractivity contribution >= 4 is 51.3 Å². The van der Waals surface area contributed by atoms with Crippen molar-refractivity contribution in [2.75, 3.05) is 17.6 Å². The van der Waals surface area contributed by atoms with Gasteiger partial charge in [-0.3, -0.25) is 4.57 Å². The highest BCUT2D eigenvalue weighted by molar-refractivity contribution is 14.1. The average Bonchev–Trinajstić information content (AvgIpc) is 3.30. The number of thioether (sulfide) groups is 1. The number of hydrogen-bond acceptors (Lipinski definition) is 6. The number of halogens is 2. The van der Waals surface area contributed by atoms with Crippen molar-refractivity contribution < 1.29 is 9.50 Å². The Bertz CT molecular complexity index is 1290. The quantitative estimate of drug-likeness (QED) is 0.262. The van der Waals surface area contributed by atoms with Crippen LogP contribution in [0.4, 0.5) is 10.2 Å². The number of phenols is 1. The van der Waals surface area contributed by atoms with Crippen molar-refractivity contribution in [2.24, 2.45) is 0 Å². The molecule has 0 unspecified atom stereocenters. The highest BCUT2D eigenvalue weighted by atomic mass is 127. The van der Waals surface area contributed by atoms with E-state index in [9.17, 15) is 9.50 Å². The van der Waals surface area contributed by atoms with Crippen LogP contribution in [-0.4, -0.2) is 36.9 Å². The fraction of sp³-hybridized carbons (Fsp3) is 0.227. The number of nitrogens with zero attached hydrogens (tertiary/aromatic N) is 4. The van der Waals surface area contributed by atoms with Crippen LogP contribution in [-0.2, 0) is 6.42 Å². The molecule has 0 aliphatic carbocycles. The minimum absolute atomic E-state index is 0.0630. The Kier molecular flexibility index (Phi) is 5.47. The number of hydrogen-bond donors (Lipinski definition) is 2. The Labute approximate surface area is 196 Å². The molecule has 3 heterocycles. The highest BCUT2D eigenvalue weighted by Crippen LogP contribution is 2.37. The minimum atomic E-state index is -0.356. The van der Waals surface area contributed by atoms with Crippen LogP contribution >= 0.6 is 34.4 Å². The van der Waals surface area contributed by atoms with Crippen LogP contribution in [0.5, 0.6) is 5.75 Å². The second kappa shape index (κ2) is 8.27. The van der Waals surface area contributed by atoms with Crippen molar-refractivity contribution in [2.45, 2.75) is 24.5 Å². The summed E-state index contributed by atoms with van der Waals surface area (Å²) in [5.41, 5.74) is 3.51. The van der Waals surface area contributed by atoms with Gasteiger partial charge in [0.25, 0.3) is 0 Å². The molecule has 6 nitrogen and oxygen atoms in total. The zero-order valence-electron chi connectivity index (χ0n) is 16.6. The van der Waals surface area contributed by atoms with Gasteiger partial charge < -0.3 is 10.4 Å². The van der Waals surface area contributed by atoms with Gasteiger partial charge in [0.2, 0.25) is 0 Å². The number of anilines is 1. The maximum absolute atomic E-state index is 14.2. The molecule has 9 heteroatoms. The fourth-order valence-electron chi connectivity index (χ4n) is 3.78. The Balaban J connectivity index is 1.38. The van der Waals surface area contributed by atoms with E-state index in [1.165, 1.54) is 6.07 Å². The molecular formula is C22H19FIN5OS. The van der Waals surface area contributed by atoms with Gasteiger partial charge in [0.05, 0.1) is 0 Å². The molecule has 2 N–H and O–H groups in total. The number of fused-ring (bicyclic) bond motifs is 3. The standard InChI is InChI=1S/C22H19FIN5OS/c1-12-11-31-22-26-18-19(27-21(24)28-20(18)29(12)22)25-9-8-13-6-7-17(30)15(10-13)14-4-2-3-5-16(14)23/h2-7,10,12,30H,8-9,11H2,1H3,(H,25,27,28)/t12-/m1/s1. The summed E-state index contributed by atoms with van der Waals surface area (Å²) in [5.74, 6) is 1.43. The smallest absolute Gasteiger partial charge is 0.194 e. The maximum Gasteiger partial charge on any atom is 0.194 e. The molecule has 1 aliphatic heterocycles. The minimum Gasteiger partial charge on any atom is -0.507 e. The average molecular weight is 547 g/mol. The first-order valence-corrected chi connectivity index (χ1v) is 12.0. The number of imidazole rings is 1. The largest absolute Gasteiger partial charge is 0.507 e. The van der Waals surface area contributed by atoms with Crippen molar-refractivity contribution in [1.82, 2.24) is 19.5 Å². The second-order valence-electron chi connectivity index (χ2n) is 7.45. The second-order valence-corrected chi connectivity index (χ2v) is 9.40. The normalized spacial score (nSPS) is 15.4. The maximum atomic E-state index is 14.2. The third kappa shape index (κ3) is 3.84. The van der Waals surface area contributed by atoms with Gasteiger partial charge in [-0.1, -0.05) is 36.0 Å². The van der Waals surface area contributed by atoms with Gasteiger partial charge in [-0.05, 0) is 37.1 Å². The third-order valence-electron chi connectivity index (χ3n) is 5.31. The van der Waals surface area contributed by atoms with Gasteiger partial charge in [-0.15, -0.1) is 0 Å². The van der Waals surface area contributed by atoms with Crippen molar-refractivity contribution in [3.8, 4) is 16.9 Å². The van der Waals surface area contributed by atoms with Gasteiger partial charge >= 0.3 is 0 Å². The molecule has 0 saturated heterocycles. The Hall–Kier alpha value is -2.40. The summed E-state index contributed by atoms with van der Waals surface area (Å²) in [6.45, 7) is 2.79. The summed E-state index contributed by atoms with van der Waals surface area (Å²) in [6.07, 6.45) is 0.683. The fourth-order valence-corrected chi connectivity index (χ4v) is 5.35. The lowest BCUT2D eigenvalue weighted by Gasteiger charge is -2.11. The summed E-state index contributed by atoms with van der Waals surface area (Å²) in [7, 11) is 0. The van der Waals surface area contributed by atoms with Crippen LogP contribution < -0.4 is 5.32 Å². The van der Waals surface area contributed by atoms with E-state index in [0.29, 0.717) is 34.0 Å². The Morgan fingerprint density at radius 1 is 1.19 bits per heavy atom. The van der Waals surface area contributed by atoms with E-state index in [2.05, 4.69) is 49.4 Å². The molecule has 2 aromatic heterocycles. The highest BCUT2D eigenvalue weighted by Gasteiger charge is 2.26. The summed E-state index contributed by atoms with van der Waals surface area (Å²) >= 11 is 3.87. The number of nitrogens with one attached hydrogen (secondary N) is 1. The van der Waals surface area contributed by atoms with Crippen LogP contribution in [0.3, 0.4) is 0 Å². The van der Waals surface area contributed by atoms with E-state index in [-0.39, 0.29) is 11.6 Å². The predicted octanol–water partition coefficient (Wildman–Crippen LogP) is 5.26. The number of rotatable bonds is 5. The molecule has 0 amide bonds. The van der Waals surface area contributed by atoms with E-state index in [1.54, 1.807) is 36.0 Å². The van der Waals surface area contributed by atoms with Gasteiger partial charge in [0, 0.05) is 52.1 Å². The summed E-state index contributed by atoms with van der Waals surface area (Å²) in [6, 6.07) is 12.1. The number of phenolic OH excluding ortho intramolecular Hbond substituents is 1. The van der Waals surface area contributed by atoms with Gasteiger partial charge in [0.1, 0.15) is 11.6 Å². The number of aromatic nitrogens is 4. The van der Waals surface area contributed by atoms with Crippen LogP contribution in [0, 0.1) is 9.65 Å². The molecule has 5 rings (SSSR count). The first-order valence-electron chi connectivity index (χ1n) is 9.90. The topological polar surface area (TPSA) is 75.9 Å². The molecular weight excluding hydrogens is 528 g/mol. The first-order chi connectivity index (χ1) is 15.0. The molecule has 4 aromatic rings. The summed E-state index contributed by atoms with van der Waals surface area (Å²) < 4.78 is 17.0. The van der Waals surface area contributed by atoms with E-state index < -0.39 is 0 Å². The van der Waals surface area contributed by atoms with Crippen LogP contribution in [0.1, 0.15) is 18.5 Å². The zero-order valence-corrected chi connectivity index (χ0v) is 19.6. The molecule has 0 radical (unpaired) electrons. The van der Waals surface area contributed by atoms with Crippen molar-refractivity contribution in [3.63, 3.8) is 0 Å². The lowest BCUT2D eigenvalue weighted by molar-refractivity contribution is 0.476. The number of aromatic hydroxyl groups is 1. The van der Waals surface area contributed by atoms with Gasteiger partial charge in [-0.2, -0.15) is 0 Å². The Morgan fingerprint density at radius 3 is 2.87 bits per heavy atom. The van der Waals surface area contributed by atoms with Crippen molar-refractivity contribution in [3.05, 3.63) is 57.7 Å². The lowest BCUT2D eigenvalue weighted by atomic mass is 10.00. The molecule has 0 saturated carbocycles. The van der Waals surface area contributed by atoms with Gasteiger partial charge in [-0.25, -0.2) is 19.3 Å². The molecule has 1 aliphatic rings. The van der Waals surface area contributed by atoms with E-state index in [0.717, 1.165) is 33.5 Å². The molecule has 1 atom stereocenters.